The molecule has 0 spiro atoms. The van der Waals surface area contributed by atoms with E-state index in [0.717, 1.165) is 17.1 Å². The Morgan fingerprint density at radius 2 is 1.79 bits per heavy atom. The number of hydrogen-bond donors (Lipinski definition) is 0. The molecule has 0 aliphatic rings. The van der Waals surface area contributed by atoms with Crippen LogP contribution in [0, 0.1) is 6.92 Å². The summed E-state index contributed by atoms with van der Waals surface area (Å²) in [6.45, 7) is 2.86. The molecule has 0 unspecified atom stereocenters. The van der Waals surface area contributed by atoms with Crippen molar-refractivity contribution in [3.8, 4) is 11.5 Å². The molecule has 7 nitrogen and oxygen atoms in total. The van der Waals surface area contributed by atoms with Crippen molar-refractivity contribution in [1.82, 2.24) is 9.55 Å². The second-order valence-electron chi connectivity index (χ2n) is 7.42. The number of thiophene rings is 1. The van der Waals surface area contributed by atoms with Gasteiger partial charge in [0.25, 0.3) is 5.56 Å². The van der Waals surface area contributed by atoms with Crippen LogP contribution in [0.1, 0.15) is 27.2 Å². The third-order valence-corrected chi connectivity index (χ3v) is 6.37. The number of rotatable bonds is 9. The summed E-state index contributed by atoms with van der Waals surface area (Å²) in [5, 5.41) is 0.463. The van der Waals surface area contributed by atoms with Crippen LogP contribution in [0.15, 0.2) is 65.7 Å². The van der Waals surface area contributed by atoms with Gasteiger partial charge in [0.1, 0.15) is 27.8 Å². The maximum Gasteiger partial charge on any atom is 0.349 e. The van der Waals surface area contributed by atoms with Crippen LogP contribution in [-0.4, -0.2) is 29.2 Å². The van der Waals surface area contributed by atoms with Crippen molar-refractivity contribution in [2.75, 3.05) is 13.7 Å². The lowest BCUT2D eigenvalue weighted by Crippen LogP contribution is -2.21. The van der Waals surface area contributed by atoms with E-state index in [9.17, 15) is 9.59 Å². The van der Waals surface area contributed by atoms with Crippen LogP contribution < -0.4 is 15.0 Å². The minimum Gasteiger partial charge on any atom is -0.497 e. The Hall–Kier alpha value is -3.65. The number of hydrogen-bond acceptors (Lipinski definition) is 7. The van der Waals surface area contributed by atoms with Gasteiger partial charge in [-0.05, 0) is 48.7 Å². The maximum atomic E-state index is 13.0. The summed E-state index contributed by atoms with van der Waals surface area (Å²) in [7, 11) is 1.62. The van der Waals surface area contributed by atoms with E-state index in [1.165, 1.54) is 17.7 Å². The number of aryl methyl sites for hydroxylation is 2. The average Bonchev–Trinajstić information content (AvgIpc) is 3.19. The Balaban J connectivity index is 1.40. The number of carbonyl (C=O) groups excluding carboxylic acids is 1. The molecule has 0 atom stereocenters. The summed E-state index contributed by atoms with van der Waals surface area (Å²) in [6.07, 6.45) is 2.15. The highest BCUT2D eigenvalue weighted by molar-refractivity contribution is 7.20. The first kappa shape index (κ1) is 22.5. The number of benzene rings is 2. The molecule has 4 aromatic rings. The van der Waals surface area contributed by atoms with Gasteiger partial charge >= 0.3 is 5.97 Å². The second kappa shape index (κ2) is 10.3. The zero-order valence-electron chi connectivity index (χ0n) is 18.4. The molecule has 2 aromatic heterocycles. The van der Waals surface area contributed by atoms with Crippen LogP contribution in [0.2, 0.25) is 0 Å². The maximum absolute atomic E-state index is 13.0. The summed E-state index contributed by atoms with van der Waals surface area (Å²) in [4.78, 5) is 31.0. The second-order valence-corrected chi connectivity index (χ2v) is 8.42. The lowest BCUT2D eigenvalue weighted by atomic mass is 10.2. The Labute approximate surface area is 195 Å². The van der Waals surface area contributed by atoms with E-state index in [-0.39, 0.29) is 12.2 Å². The smallest absolute Gasteiger partial charge is 0.349 e. The van der Waals surface area contributed by atoms with E-state index in [4.69, 9.17) is 14.2 Å². The van der Waals surface area contributed by atoms with Crippen LogP contribution in [0.25, 0.3) is 10.2 Å². The molecule has 0 bridgehead atoms. The quantitative estimate of drug-likeness (QED) is 0.266. The molecule has 170 valence electrons. The fourth-order valence-electron chi connectivity index (χ4n) is 3.40. The van der Waals surface area contributed by atoms with E-state index in [0.29, 0.717) is 40.2 Å². The van der Waals surface area contributed by atoms with Gasteiger partial charge in [0.2, 0.25) is 0 Å². The van der Waals surface area contributed by atoms with Gasteiger partial charge < -0.3 is 14.2 Å². The summed E-state index contributed by atoms with van der Waals surface area (Å²) in [5.41, 5.74) is 1.34. The third kappa shape index (κ3) is 5.23. The molecule has 0 aliphatic carbocycles. The first-order chi connectivity index (χ1) is 16.1. The lowest BCUT2D eigenvalue weighted by molar-refractivity contribution is 0.0478. The summed E-state index contributed by atoms with van der Waals surface area (Å²) >= 11 is 1.18. The zero-order chi connectivity index (χ0) is 23.2. The average molecular weight is 465 g/mol. The van der Waals surface area contributed by atoms with Gasteiger partial charge in [-0.3, -0.25) is 9.36 Å². The highest BCUT2D eigenvalue weighted by Crippen LogP contribution is 2.27. The lowest BCUT2D eigenvalue weighted by Gasteiger charge is -2.08. The Morgan fingerprint density at radius 3 is 2.52 bits per heavy atom. The van der Waals surface area contributed by atoms with E-state index in [1.54, 1.807) is 18.6 Å². The Kier molecular flexibility index (Phi) is 7.04. The molecule has 0 saturated heterocycles. The third-order valence-electron chi connectivity index (χ3n) is 5.19. The molecular formula is C25H24N2O5S. The number of esters is 1. The fourth-order valence-corrected chi connectivity index (χ4v) is 4.43. The normalized spacial score (nSPS) is 10.8. The van der Waals surface area contributed by atoms with E-state index >= 15 is 0 Å². The standard InChI is InChI=1S/C25H24N2O5S/c1-17-21-23(33-22(17)25(29)32-15-18-7-4-3-5-8-18)26-16-27(24(21)28)13-6-14-31-20-11-9-19(30-2)10-12-20/h3-5,7-12,16H,6,13-15H2,1-2H3. The minimum atomic E-state index is -0.446. The van der Waals surface area contributed by atoms with Gasteiger partial charge in [-0.2, -0.15) is 0 Å². The molecule has 0 N–H and O–H groups in total. The number of fused-ring (bicyclic) bond motifs is 1. The first-order valence-electron chi connectivity index (χ1n) is 10.5. The molecule has 0 fully saturated rings. The summed E-state index contributed by atoms with van der Waals surface area (Å²) in [5.74, 6) is 1.06. The van der Waals surface area contributed by atoms with Gasteiger partial charge in [0.15, 0.2) is 0 Å². The highest BCUT2D eigenvalue weighted by atomic mass is 32.1. The van der Waals surface area contributed by atoms with Crippen molar-refractivity contribution in [2.45, 2.75) is 26.5 Å². The molecule has 0 radical (unpaired) electrons. The molecule has 4 rings (SSSR count). The molecule has 33 heavy (non-hydrogen) atoms. The fraction of sp³-hybridized carbons (Fsp3) is 0.240. The van der Waals surface area contributed by atoms with Gasteiger partial charge in [0, 0.05) is 6.54 Å². The number of carbonyl (C=O) groups is 1. The summed E-state index contributed by atoms with van der Waals surface area (Å²) < 4.78 is 17.9. The van der Waals surface area contributed by atoms with Crippen molar-refractivity contribution in [3.63, 3.8) is 0 Å². The molecule has 2 aromatic carbocycles. The number of nitrogens with zero attached hydrogens (tertiary/aromatic N) is 2. The van der Waals surface area contributed by atoms with Crippen molar-refractivity contribution in [3.05, 3.63) is 87.3 Å². The van der Waals surface area contributed by atoms with Crippen molar-refractivity contribution in [2.24, 2.45) is 0 Å². The predicted molar refractivity (Wildman–Crippen MR) is 127 cm³/mol. The molecule has 0 aliphatic heterocycles. The first-order valence-corrected chi connectivity index (χ1v) is 11.3. The molecule has 8 heteroatoms. The zero-order valence-corrected chi connectivity index (χ0v) is 19.3. The number of aromatic nitrogens is 2. The molecule has 0 amide bonds. The van der Waals surface area contributed by atoms with Crippen LogP contribution in [0.4, 0.5) is 0 Å². The topological polar surface area (TPSA) is 79.7 Å². The van der Waals surface area contributed by atoms with E-state index in [2.05, 4.69) is 4.98 Å². The van der Waals surface area contributed by atoms with Gasteiger partial charge in [-0.1, -0.05) is 30.3 Å². The predicted octanol–water partition coefficient (Wildman–Crippen LogP) is 4.60. The molecular weight excluding hydrogens is 440 g/mol. The monoisotopic (exact) mass is 464 g/mol. The van der Waals surface area contributed by atoms with E-state index in [1.807, 2.05) is 54.6 Å². The van der Waals surface area contributed by atoms with Crippen molar-refractivity contribution < 1.29 is 19.0 Å². The van der Waals surface area contributed by atoms with Gasteiger partial charge in [0.05, 0.1) is 25.4 Å². The van der Waals surface area contributed by atoms with Crippen molar-refractivity contribution in [1.29, 1.82) is 0 Å². The molecule has 2 heterocycles. The number of methoxy groups -OCH3 is 1. The number of ether oxygens (including phenoxy) is 3. The van der Waals surface area contributed by atoms with Gasteiger partial charge in [-0.15, -0.1) is 11.3 Å². The van der Waals surface area contributed by atoms with Crippen LogP contribution >= 0.6 is 11.3 Å². The van der Waals surface area contributed by atoms with E-state index < -0.39 is 5.97 Å². The molecule has 0 saturated carbocycles. The van der Waals surface area contributed by atoms with Crippen LogP contribution in [0.5, 0.6) is 11.5 Å². The van der Waals surface area contributed by atoms with Crippen LogP contribution in [-0.2, 0) is 17.9 Å². The Morgan fingerprint density at radius 1 is 1.06 bits per heavy atom. The summed E-state index contributed by atoms with van der Waals surface area (Å²) in [6, 6.07) is 16.8. The highest BCUT2D eigenvalue weighted by Gasteiger charge is 2.20. The SMILES string of the molecule is COc1ccc(OCCCn2cnc3sc(C(=O)OCc4ccccc4)c(C)c3c2=O)cc1. The van der Waals surface area contributed by atoms with Gasteiger partial charge in [-0.25, -0.2) is 9.78 Å². The van der Waals surface area contributed by atoms with Crippen LogP contribution in [0.3, 0.4) is 0 Å². The largest absolute Gasteiger partial charge is 0.497 e. The Bertz CT molecular complexity index is 1300. The van der Waals surface area contributed by atoms with Crippen molar-refractivity contribution >= 4 is 27.5 Å². The minimum absolute atomic E-state index is 0.166.